The van der Waals surface area contributed by atoms with Gasteiger partial charge in [-0.15, -0.1) is 0 Å². The minimum Gasteiger partial charge on any atom is -0.508 e. The van der Waals surface area contributed by atoms with Crippen LogP contribution >= 0.6 is 0 Å². The Kier molecular flexibility index (Phi) is 6.12. The second-order valence-electron chi connectivity index (χ2n) is 12.7. The third-order valence-corrected chi connectivity index (χ3v) is 9.98. The summed E-state index contributed by atoms with van der Waals surface area (Å²) in [6, 6.07) is 3.69. The van der Waals surface area contributed by atoms with Crippen LogP contribution < -0.4 is 15.0 Å². The number of pyridine rings is 1. The van der Waals surface area contributed by atoms with Crippen LogP contribution in [0.25, 0.3) is 22.2 Å². The number of carbonyl (C=O) groups is 1. The van der Waals surface area contributed by atoms with Gasteiger partial charge in [0.05, 0.1) is 10.9 Å². The first-order valence-electron chi connectivity index (χ1n) is 15.2. The summed E-state index contributed by atoms with van der Waals surface area (Å²) in [5.74, 6) is -0.238. The van der Waals surface area contributed by atoms with Crippen LogP contribution in [-0.4, -0.2) is 87.3 Å². The third kappa shape index (κ3) is 4.23. The molecule has 0 spiro atoms. The smallest absolute Gasteiger partial charge is 0.319 e. The van der Waals surface area contributed by atoms with Crippen molar-refractivity contribution in [1.29, 1.82) is 0 Å². The number of rotatable bonds is 5. The zero-order chi connectivity index (χ0) is 28.6. The molecule has 2 N–H and O–H groups in total. The van der Waals surface area contributed by atoms with Gasteiger partial charge in [0, 0.05) is 61.9 Å². The molecule has 220 valence electrons. The van der Waals surface area contributed by atoms with E-state index in [0.29, 0.717) is 66.6 Å². The number of carbonyl (C=O) groups excluding carboxylic acids is 1. The second-order valence-corrected chi connectivity index (χ2v) is 12.7. The first-order chi connectivity index (χ1) is 20.4. The van der Waals surface area contributed by atoms with Crippen molar-refractivity contribution >= 4 is 22.5 Å². The number of fused-ring (bicyclic) bond motifs is 5. The van der Waals surface area contributed by atoms with Gasteiger partial charge in [-0.25, -0.2) is 8.78 Å². The summed E-state index contributed by atoms with van der Waals surface area (Å²) in [6.07, 6.45) is 6.76. The minimum atomic E-state index is -0.889. The topological polar surface area (TPSA) is 104 Å². The molecule has 8 rings (SSSR count). The molecule has 0 amide bonds. The highest BCUT2D eigenvalue weighted by Gasteiger charge is 2.49. The maximum Gasteiger partial charge on any atom is 0.319 e. The minimum absolute atomic E-state index is 0.0301. The van der Waals surface area contributed by atoms with E-state index in [0.717, 1.165) is 45.3 Å². The number of ether oxygens (including phenoxy) is 1. The molecule has 3 aromatic rings. The Hall–Kier alpha value is -3.44. The van der Waals surface area contributed by atoms with Crippen LogP contribution in [0.3, 0.4) is 0 Å². The number of anilines is 1. The number of aromatic hydroxyl groups is 1. The maximum absolute atomic E-state index is 16.6. The van der Waals surface area contributed by atoms with Gasteiger partial charge in [0.1, 0.15) is 35.6 Å². The lowest BCUT2D eigenvalue weighted by atomic mass is 9.85. The number of ketones is 1. The predicted octanol–water partition coefficient (Wildman–Crippen LogP) is 3.95. The molecule has 42 heavy (non-hydrogen) atoms. The molecule has 4 atom stereocenters. The van der Waals surface area contributed by atoms with Crippen molar-refractivity contribution in [3.8, 4) is 23.0 Å². The van der Waals surface area contributed by atoms with Gasteiger partial charge in [-0.2, -0.15) is 9.97 Å². The number of piperazine rings is 1. The molecule has 2 bridgehead atoms. The molecule has 1 aliphatic carbocycles. The third-order valence-electron chi connectivity index (χ3n) is 9.98. The molecule has 5 aliphatic rings. The van der Waals surface area contributed by atoms with Gasteiger partial charge in [-0.3, -0.25) is 14.7 Å². The Balaban J connectivity index is 1.24. The van der Waals surface area contributed by atoms with E-state index in [2.05, 4.69) is 25.1 Å². The fraction of sp³-hybridized carbons (Fsp3) is 0.548. The molecular formula is C31H34F2N6O3. The van der Waals surface area contributed by atoms with Crippen molar-refractivity contribution in [1.82, 2.24) is 25.2 Å². The van der Waals surface area contributed by atoms with Gasteiger partial charge < -0.3 is 20.1 Å². The molecule has 0 saturated carbocycles. The first kappa shape index (κ1) is 26.2. The largest absolute Gasteiger partial charge is 0.508 e. The number of nitrogens with one attached hydrogen (secondary N) is 1. The summed E-state index contributed by atoms with van der Waals surface area (Å²) in [4.78, 5) is 31.2. The number of halogens is 2. The number of hydrogen-bond acceptors (Lipinski definition) is 9. The van der Waals surface area contributed by atoms with E-state index in [1.807, 2.05) is 0 Å². The number of alkyl halides is 1. The van der Waals surface area contributed by atoms with Gasteiger partial charge >= 0.3 is 6.01 Å². The zero-order valence-electron chi connectivity index (χ0n) is 23.4. The number of aryl methyl sites for hydroxylation is 1. The van der Waals surface area contributed by atoms with Crippen molar-refractivity contribution in [3.63, 3.8) is 0 Å². The number of nitrogens with zero attached hydrogens (tertiary/aromatic N) is 5. The molecule has 1 aromatic carbocycles. The van der Waals surface area contributed by atoms with Crippen LogP contribution in [0.5, 0.6) is 11.8 Å². The Morgan fingerprint density at radius 2 is 1.95 bits per heavy atom. The molecule has 11 heteroatoms. The van der Waals surface area contributed by atoms with E-state index in [-0.39, 0.29) is 40.9 Å². The predicted molar refractivity (Wildman–Crippen MR) is 152 cm³/mol. The van der Waals surface area contributed by atoms with Crippen molar-refractivity contribution in [3.05, 3.63) is 35.3 Å². The van der Waals surface area contributed by atoms with Crippen LogP contribution in [0.15, 0.2) is 18.3 Å². The van der Waals surface area contributed by atoms with Gasteiger partial charge in [0.15, 0.2) is 11.6 Å². The molecule has 0 radical (unpaired) electrons. The Labute approximate surface area is 242 Å². The quantitative estimate of drug-likeness (QED) is 0.467. The van der Waals surface area contributed by atoms with Crippen molar-refractivity contribution < 1.29 is 23.4 Å². The van der Waals surface area contributed by atoms with Crippen LogP contribution in [0.2, 0.25) is 0 Å². The fourth-order valence-electron chi connectivity index (χ4n) is 8.10. The first-order valence-corrected chi connectivity index (χ1v) is 15.2. The fourth-order valence-corrected chi connectivity index (χ4v) is 8.10. The van der Waals surface area contributed by atoms with Crippen LogP contribution in [0.4, 0.5) is 14.6 Å². The molecule has 6 heterocycles. The Bertz CT molecular complexity index is 1590. The normalized spacial score (nSPS) is 28.9. The lowest BCUT2D eigenvalue weighted by Crippen LogP contribution is -2.51. The lowest BCUT2D eigenvalue weighted by Gasteiger charge is -2.34. The summed E-state index contributed by atoms with van der Waals surface area (Å²) in [5, 5.41) is 14.5. The zero-order valence-corrected chi connectivity index (χ0v) is 23.4. The van der Waals surface area contributed by atoms with E-state index in [4.69, 9.17) is 9.72 Å². The van der Waals surface area contributed by atoms with Gasteiger partial charge in [0.2, 0.25) is 0 Å². The molecule has 4 aliphatic heterocycles. The summed E-state index contributed by atoms with van der Waals surface area (Å²) >= 11 is 0. The molecule has 4 fully saturated rings. The SMILES string of the molecule is O=C1CCCc2cc(O)cc(-c3ncc4c(N5C[C@H]6CC[C@@H](C5)N6)nc(OC[C@@]56CCCN5C[C@H](F)C6)nc4c3F)c21. The maximum atomic E-state index is 16.6. The highest BCUT2D eigenvalue weighted by molar-refractivity contribution is 6.05. The standard InChI is InChI=1S/C31H34F2N6O3/c32-18-11-31(7-2-8-39(31)13-18)16-42-30-36-28-23(29(37-30)38-14-19-5-6-20(15-38)35-19)12-34-27(26(28)33)22-10-21(40)9-17-3-1-4-24(41)25(17)22/h9-10,12,18-20,35,40H,1-8,11,13-16H2/t18-,19-,20+,31+/m1/s1. The monoisotopic (exact) mass is 576 g/mol. The van der Waals surface area contributed by atoms with E-state index in [1.165, 1.54) is 6.07 Å². The molecule has 0 unspecified atom stereocenters. The highest BCUT2D eigenvalue weighted by atomic mass is 19.1. The van der Waals surface area contributed by atoms with E-state index in [1.54, 1.807) is 12.3 Å². The van der Waals surface area contributed by atoms with E-state index < -0.39 is 17.5 Å². The van der Waals surface area contributed by atoms with Gasteiger partial charge in [-0.1, -0.05) is 0 Å². The summed E-state index contributed by atoms with van der Waals surface area (Å²) in [7, 11) is 0. The van der Waals surface area contributed by atoms with Crippen molar-refractivity contribution in [2.45, 2.75) is 75.2 Å². The Morgan fingerprint density at radius 3 is 2.79 bits per heavy atom. The number of aromatic nitrogens is 3. The van der Waals surface area contributed by atoms with Crippen molar-refractivity contribution in [2.24, 2.45) is 0 Å². The average molecular weight is 577 g/mol. The molecule has 9 nitrogen and oxygen atoms in total. The van der Waals surface area contributed by atoms with Crippen LogP contribution in [0, 0.1) is 5.82 Å². The highest BCUT2D eigenvalue weighted by Crippen LogP contribution is 2.42. The number of hydrogen-bond donors (Lipinski definition) is 2. The van der Waals surface area contributed by atoms with E-state index in [9.17, 15) is 14.3 Å². The number of phenols is 1. The number of phenolic OH excluding ortho intramolecular Hbond substituents is 1. The summed E-state index contributed by atoms with van der Waals surface area (Å²) in [6.45, 7) is 2.93. The van der Waals surface area contributed by atoms with Crippen LogP contribution in [0.1, 0.15) is 60.9 Å². The van der Waals surface area contributed by atoms with Gasteiger partial charge in [0.25, 0.3) is 0 Å². The lowest BCUT2D eigenvalue weighted by molar-refractivity contribution is 0.0973. The average Bonchev–Trinajstić information content (AvgIpc) is 3.61. The summed E-state index contributed by atoms with van der Waals surface area (Å²) in [5.41, 5.74) is 1.03. The molecule has 4 saturated heterocycles. The summed E-state index contributed by atoms with van der Waals surface area (Å²) < 4.78 is 37.2. The van der Waals surface area contributed by atoms with Gasteiger partial charge in [-0.05, 0) is 62.8 Å². The van der Waals surface area contributed by atoms with Crippen LogP contribution in [-0.2, 0) is 6.42 Å². The number of Topliss-reactive ketones (excluding diaryl/α,β-unsaturated/α-hetero) is 1. The number of benzene rings is 1. The second kappa shape index (κ2) is 9.80. The molecule has 2 aromatic heterocycles. The Morgan fingerprint density at radius 1 is 1.12 bits per heavy atom. The molecular weight excluding hydrogens is 542 g/mol. The van der Waals surface area contributed by atoms with E-state index >= 15 is 4.39 Å². The van der Waals surface area contributed by atoms with Crippen molar-refractivity contribution in [2.75, 3.05) is 37.7 Å².